The van der Waals surface area contributed by atoms with Crippen molar-refractivity contribution in [1.82, 2.24) is 9.47 Å². The summed E-state index contributed by atoms with van der Waals surface area (Å²) in [6, 6.07) is 28.2. The minimum Gasteiger partial charge on any atom is -0.489 e. The number of amides is 2. The van der Waals surface area contributed by atoms with Crippen LogP contribution in [0.1, 0.15) is 34.5 Å². The molecule has 198 valence electrons. The third-order valence-electron chi connectivity index (χ3n) is 6.73. The SMILES string of the molecule is Cc1cc(/C=C2/SC(=O)N(CCCc3ccccc3)C2=O)c(C)n1-c1ccc(OCc2ccc(Br)cc2)cc1. The fourth-order valence-corrected chi connectivity index (χ4v) is 5.81. The van der Waals surface area contributed by atoms with Gasteiger partial charge in [0.2, 0.25) is 0 Å². The van der Waals surface area contributed by atoms with Gasteiger partial charge >= 0.3 is 0 Å². The van der Waals surface area contributed by atoms with E-state index in [0.29, 0.717) is 18.1 Å². The highest BCUT2D eigenvalue weighted by molar-refractivity contribution is 9.10. The van der Waals surface area contributed by atoms with Gasteiger partial charge in [-0.05, 0) is 104 Å². The van der Waals surface area contributed by atoms with Crippen LogP contribution in [-0.2, 0) is 17.8 Å². The first-order valence-corrected chi connectivity index (χ1v) is 14.5. The van der Waals surface area contributed by atoms with Crippen LogP contribution in [-0.4, -0.2) is 27.2 Å². The van der Waals surface area contributed by atoms with Crippen LogP contribution >= 0.6 is 27.7 Å². The van der Waals surface area contributed by atoms with Gasteiger partial charge in [-0.2, -0.15) is 0 Å². The highest BCUT2D eigenvalue weighted by Crippen LogP contribution is 2.34. The summed E-state index contributed by atoms with van der Waals surface area (Å²) < 4.78 is 9.14. The lowest BCUT2D eigenvalue weighted by Crippen LogP contribution is -2.29. The molecule has 0 unspecified atom stereocenters. The van der Waals surface area contributed by atoms with Gasteiger partial charge in [0.25, 0.3) is 11.1 Å². The van der Waals surface area contributed by atoms with Crippen molar-refractivity contribution in [2.24, 2.45) is 0 Å². The summed E-state index contributed by atoms with van der Waals surface area (Å²) in [5, 5.41) is -0.202. The maximum atomic E-state index is 13.0. The van der Waals surface area contributed by atoms with Gasteiger partial charge in [0.1, 0.15) is 12.4 Å². The molecule has 1 aliphatic rings. The van der Waals surface area contributed by atoms with E-state index in [1.807, 2.05) is 86.7 Å². The molecule has 1 fully saturated rings. The number of carbonyl (C=O) groups excluding carboxylic acids is 2. The van der Waals surface area contributed by atoms with E-state index in [0.717, 1.165) is 63.0 Å². The van der Waals surface area contributed by atoms with E-state index in [1.54, 1.807) is 0 Å². The molecule has 7 heteroatoms. The first kappa shape index (κ1) is 27.0. The molecule has 0 aliphatic carbocycles. The monoisotopic (exact) mass is 600 g/mol. The third-order valence-corrected chi connectivity index (χ3v) is 8.17. The molecule has 5 nitrogen and oxygen atoms in total. The standard InChI is InChI=1S/C32H29BrN2O3S/c1-22-19-26(20-30-31(36)34(32(37)39-30)18-6-9-24-7-4-3-5-8-24)23(2)35(22)28-14-16-29(17-15-28)38-21-25-10-12-27(33)13-11-25/h3-5,7-8,10-17,19-20H,6,9,18,21H2,1-2H3/b30-20+. The van der Waals surface area contributed by atoms with Gasteiger partial charge in [0.15, 0.2) is 0 Å². The van der Waals surface area contributed by atoms with Gasteiger partial charge in [-0.3, -0.25) is 14.5 Å². The fraction of sp³-hybridized carbons (Fsp3) is 0.188. The van der Waals surface area contributed by atoms with Crippen LogP contribution in [0.15, 0.2) is 94.3 Å². The average molecular weight is 602 g/mol. The van der Waals surface area contributed by atoms with Crippen LogP contribution < -0.4 is 4.74 Å². The summed E-state index contributed by atoms with van der Waals surface area (Å²) >= 11 is 4.47. The van der Waals surface area contributed by atoms with Crippen LogP contribution in [0.4, 0.5) is 4.79 Å². The Balaban J connectivity index is 1.25. The lowest BCUT2D eigenvalue weighted by Gasteiger charge is -2.12. The number of benzene rings is 3. The number of imide groups is 1. The number of aryl methyl sites for hydroxylation is 2. The Morgan fingerprint density at radius 2 is 1.62 bits per heavy atom. The molecule has 0 saturated carbocycles. The smallest absolute Gasteiger partial charge is 0.293 e. The lowest BCUT2D eigenvalue weighted by molar-refractivity contribution is -0.122. The molecule has 5 rings (SSSR count). The zero-order chi connectivity index (χ0) is 27.4. The molecular weight excluding hydrogens is 572 g/mol. The highest BCUT2D eigenvalue weighted by atomic mass is 79.9. The quantitative estimate of drug-likeness (QED) is 0.182. The molecule has 3 aromatic carbocycles. The Bertz CT molecular complexity index is 1510. The van der Waals surface area contributed by atoms with Crippen molar-refractivity contribution in [2.45, 2.75) is 33.3 Å². The number of aromatic nitrogens is 1. The topological polar surface area (TPSA) is 51.5 Å². The molecule has 1 aromatic heterocycles. The molecule has 0 bridgehead atoms. The number of hydrogen-bond donors (Lipinski definition) is 0. The molecular formula is C32H29BrN2O3S. The summed E-state index contributed by atoms with van der Waals surface area (Å²) in [6.45, 7) is 4.99. The van der Waals surface area contributed by atoms with E-state index in [-0.39, 0.29) is 11.1 Å². The molecule has 1 saturated heterocycles. The Kier molecular flexibility index (Phi) is 8.38. The Hall–Kier alpha value is -3.55. The van der Waals surface area contributed by atoms with Crippen molar-refractivity contribution in [3.8, 4) is 11.4 Å². The molecule has 2 amide bonds. The van der Waals surface area contributed by atoms with Gasteiger partial charge in [0, 0.05) is 28.1 Å². The average Bonchev–Trinajstić information content (AvgIpc) is 3.37. The minimum absolute atomic E-state index is 0.202. The predicted molar refractivity (Wildman–Crippen MR) is 161 cm³/mol. The van der Waals surface area contributed by atoms with E-state index in [1.165, 1.54) is 10.5 Å². The number of rotatable bonds is 9. The first-order chi connectivity index (χ1) is 18.9. The van der Waals surface area contributed by atoms with Crippen LogP contribution in [0.2, 0.25) is 0 Å². The van der Waals surface area contributed by atoms with E-state index in [4.69, 9.17) is 4.74 Å². The minimum atomic E-state index is -0.213. The van der Waals surface area contributed by atoms with Crippen molar-refractivity contribution < 1.29 is 14.3 Å². The lowest BCUT2D eigenvalue weighted by atomic mass is 10.1. The van der Waals surface area contributed by atoms with Gasteiger partial charge in [-0.1, -0.05) is 58.4 Å². The Morgan fingerprint density at radius 3 is 2.33 bits per heavy atom. The third kappa shape index (κ3) is 6.37. The number of halogens is 1. The maximum Gasteiger partial charge on any atom is 0.293 e. The molecule has 2 heterocycles. The second kappa shape index (κ2) is 12.1. The van der Waals surface area contributed by atoms with E-state index >= 15 is 0 Å². The molecule has 0 N–H and O–H groups in total. The van der Waals surface area contributed by atoms with Gasteiger partial charge < -0.3 is 9.30 Å². The van der Waals surface area contributed by atoms with Crippen LogP contribution in [0.5, 0.6) is 5.75 Å². The number of ether oxygens (including phenoxy) is 1. The van der Waals surface area contributed by atoms with Crippen molar-refractivity contribution in [3.05, 3.63) is 122 Å². The van der Waals surface area contributed by atoms with Crippen LogP contribution in [0.3, 0.4) is 0 Å². The summed E-state index contributed by atoms with van der Waals surface area (Å²) in [5.41, 5.74) is 6.30. The van der Waals surface area contributed by atoms with Crippen LogP contribution in [0.25, 0.3) is 11.8 Å². The van der Waals surface area contributed by atoms with Crippen molar-refractivity contribution in [1.29, 1.82) is 0 Å². The molecule has 4 aromatic rings. The second-order valence-electron chi connectivity index (χ2n) is 9.49. The molecule has 0 spiro atoms. The number of hydrogen-bond acceptors (Lipinski definition) is 4. The van der Waals surface area contributed by atoms with Gasteiger partial charge in [-0.15, -0.1) is 0 Å². The normalized spacial score (nSPS) is 14.4. The summed E-state index contributed by atoms with van der Waals surface area (Å²) in [4.78, 5) is 27.5. The van der Waals surface area contributed by atoms with Crippen molar-refractivity contribution in [3.63, 3.8) is 0 Å². The summed E-state index contributed by atoms with van der Waals surface area (Å²) in [7, 11) is 0. The summed E-state index contributed by atoms with van der Waals surface area (Å²) in [5.74, 6) is 0.584. The maximum absolute atomic E-state index is 13.0. The zero-order valence-corrected chi connectivity index (χ0v) is 24.3. The fourth-order valence-electron chi connectivity index (χ4n) is 4.69. The van der Waals surface area contributed by atoms with Crippen molar-refractivity contribution in [2.75, 3.05) is 6.54 Å². The highest BCUT2D eigenvalue weighted by Gasteiger charge is 2.34. The Labute approximate surface area is 241 Å². The van der Waals surface area contributed by atoms with Crippen molar-refractivity contribution >= 4 is 44.9 Å². The molecule has 39 heavy (non-hydrogen) atoms. The first-order valence-electron chi connectivity index (χ1n) is 12.8. The molecule has 0 atom stereocenters. The van der Waals surface area contributed by atoms with E-state index < -0.39 is 0 Å². The summed E-state index contributed by atoms with van der Waals surface area (Å²) in [6.07, 6.45) is 3.42. The zero-order valence-electron chi connectivity index (χ0n) is 21.9. The van der Waals surface area contributed by atoms with E-state index in [9.17, 15) is 9.59 Å². The number of nitrogens with zero attached hydrogens (tertiary/aromatic N) is 2. The number of carbonyl (C=O) groups is 2. The largest absolute Gasteiger partial charge is 0.489 e. The van der Waals surface area contributed by atoms with Crippen LogP contribution in [0, 0.1) is 13.8 Å². The van der Waals surface area contributed by atoms with Gasteiger partial charge in [0.05, 0.1) is 4.91 Å². The van der Waals surface area contributed by atoms with Gasteiger partial charge in [-0.25, -0.2) is 0 Å². The Morgan fingerprint density at radius 1 is 0.897 bits per heavy atom. The molecule has 1 aliphatic heterocycles. The number of thioether (sulfide) groups is 1. The predicted octanol–water partition coefficient (Wildman–Crippen LogP) is 8.10. The van der Waals surface area contributed by atoms with E-state index in [2.05, 4.69) is 38.7 Å². The molecule has 0 radical (unpaired) electrons. The second-order valence-corrected chi connectivity index (χ2v) is 11.4.